The van der Waals surface area contributed by atoms with Crippen LogP contribution in [-0.2, 0) is 9.53 Å². The predicted molar refractivity (Wildman–Crippen MR) is 55.8 cm³/mol. The Hall–Kier alpha value is -1.09. The van der Waals surface area contributed by atoms with Gasteiger partial charge >= 0.3 is 5.97 Å². The standard InChI is InChI=1S/C11H18O3/c1-5-9(7-11(13)14-4)6-10(12)8(2)3/h5,9-10,12H,1-2,6-7H2,3-4H3/t9-,10+/m0/s1. The summed E-state index contributed by atoms with van der Waals surface area (Å²) < 4.78 is 4.53. The lowest BCUT2D eigenvalue weighted by molar-refractivity contribution is -0.141. The molecule has 0 heterocycles. The molecule has 0 bridgehead atoms. The Morgan fingerprint density at radius 1 is 1.64 bits per heavy atom. The van der Waals surface area contributed by atoms with E-state index in [0.29, 0.717) is 12.0 Å². The van der Waals surface area contributed by atoms with Crippen molar-refractivity contribution in [3.63, 3.8) is 0 Å². The summed E-state index contributed by atoms with van der Waals surface area (Å²) in [5.74, 6) is -0.349. The molecule has 0 amide bonds. The Balaban J connectivity index is 4.09. The molecule has 2 atom stereocenters. The van der Waals surface area contributed by atoms with E-state index < -0.39 is 6.10 Å². The fraction of sp³-hybridized carbons (Fsp3) is 0.545. The molecule has 3 nitrogen and oxygen atoms in total. The average Bonchev–Trinajstić information content (AvgIpc) is 2.16. The molecule has 0 aliphatic carbocycles. The number of carbonyl (C=O) groups is 1. The Morgan fingerprint density at radius 2 is 2.21 bits per heavy atom. The molecule has 0 rings (SSSR count). The Kier molecular flexibility index (Phi) is 5.88. The molecule has 0 unspecified atom stereocenters. The summed E-state index contributed by atoms with van der Waals surface area (Å²) in [7, 11) is 1.34. The van der Waals surface area contributed by atoms with Gasteiger partial charge in [-0.3, -0.25) is 4.79 Å². The van der Waals surface area contributed by atoms with Gasteiger partial charge in [-0.15, -0.1) is 6.58 Å². The topological polar surface area (TPSA) is 46.5 Å². The van der Waals surface area contributed by atoms with E-state index in [1.54, 1.807) is 13.0 Å². The maximum absolute atomic E-state index is 11.0. The summed E-state index contributed by atoms with van der Waals surface area (Å²) in [5, 5.41) is 9.51. The largest absolute Gasteiger partial charge is 0.469 e. The van der Waals surface area contributed by atoms with Gasteiger partial charge in [0, 0.05) is 0 Å². The van der Waals surface area contributed by atoms with Crippen molar-refractivity contribution in [1.29, 1.82) is 0 Å². The highest BCUT2D eigenvalue weighted by molar-refractivity contribution is 5.69. The number of rotatable bonds is 6. The first-order chi connectivity index (χ1) is 6.51. The van der Waals surface area contributed by atoms with E-state index >= 15 is 0 Å². The molecule has 0 aliphatic heterocycles. The Labute approximate surface area is 85.1 Å². The molecular weight excluding hydrogens is 180 g/mol. The lowest BCUT2D eigenvalue weighted by Crippen LogP contribution is -2.16. The fourth-order valence-corrected chi connectivity index (χ4v) is 1.05. The normalized spacial score (nSPS) is 14.2. The van der Waals surface area contributed by atoms with Crippen LogP contribution in [0.1, 0.15) is 19.8 Å². The zero-order valence-corrected chi connectivity index (χ0v) is 8.82. The number of aliphatic hydroxyl groups excluding tert-OH is 1. The summed E-state index contributed by atoms with van der Waals surface area (Å²) in [5.41, 5.74) is 0.696. The summed E-state index contributed by atoms with van der Waals surface area (Å²) in [6, 6.07) is 0. The van der Waals surface area contributed by atoms with Crippen molar-refractivity contribution in [2.75, 3.05) is 7.11 Å². The zero-order chi connectivity index (χ0) is 11.1. The minimum Gasteiger partial charge on any atom is -0.469 e. The maximum Gasteiger partial charge on any atom is 0.306 e. The molecule has 0 radical (unpaired) electrons. The van der Waals surface area contributed by atoms with Crippen LogP contribution in [0.4, 0.5) is 0 Å². The third-order valence-corrected chi connectivity index (χ3v) is 2.08. The van der Waals surface area contributed by atoms with Gasteiger partial charge in [0.2, 0.25) is 0 Å². The van der Waals surface area contributed by atoms with Gasteiger partial charge in [-0.05, 0) is 19.3 Å². The van der Waals surface area contributed by atoms with Crippen LogP contribution in [0.25, 0.3) is 0 Å². The third kappa shape index (κ3) is 4.82. The molecule has 1 N–H and O–H groups in total. The molecule has 80 valence electrons. The molecule has 0 aromatic heterocycles. The van der Waals surface area contributed by atoms with Crippen LogP contribution >= 0.6 is 0 Å². The van der Waals surface area contributed by atoms with Gasteiger partial charge in [0.25, 0.3) is 0 Å². The summed E-state index contributed by atoms with van der Waals surface area (Å²) in [6.45, 7) is 9.01. The van der Waals surface area contributed by atoms with E-state index in [2.05, 4.69) is 17.9 Å². The SMILES string of the molecule is C=C[C@H](CC(=O)OC)C[C@@H](O)C(=C)C. The highest BCUT2D eigenvalue weighted by Gasteiger charge is 2.15. The zero-order valence-electron chi connectivity index (χ0n) is 8.82. The molecule has 0 spiro atoms. The van der Waals surface area contributed by atoms with E-state index in [0.717, 1.165) is 0 Å². The first kappa shape index (κ1) is 12.9. The van der Waals surface area contributed by atoms with Gasteiger partial charge in [-0.1, -0.05) is 18.2 Å². The Bertz CT molecular complexity index is 221. The molecule has 14 heavy (non-hydrogen) atoms. The first-order valence-corrected chi connectivity index (χ1v) is 4.54. The summed E-state index contributed by atoms with van der Waals surface area (Å²) in [4.78, 5) is 11.0. The van der Waals surface area contributed by atoms with Gasteiger partial charge in [0.15, 0.2) is 0 Å². The van der Waals surface area contributed by atoms with Crippen LogP contribution < -0.4 is 0 Å². The van der Waals surface area contributed by atoms with Gasteiger partial charge < -0.3 is 9.84 Å². The third-order valence-electron chi connectivity index (χ3n) is 2.08. The number of esters is 1. The van der Waals surface area contributed by atoms with E-state index in [4.69, 9.17) is 0 Å². The molecule has 0 saturated carbocycles. The molecular formula is C11H18O3. The second kappa shape index (κ2) is 6.38. The molecule has 0 aromatic rings. The lowest BCUT2D eigenvalue weighted by atomic mass is 9.95. The fourth-order valence-electron chi connectivity index (χ4n) is 1.05. The van der Waals surface area contributed by atoms with E-state index in [-0.39, 0.29) is 18.3 Å². The molecule has 3 heteroatoms. The van der Waals surface area contributed by atoms with Gasteiger partial charge in [-0.25, -0.2) is 0 Å². The number of allylic oxidation sites excluding steroid dienone is 1. The number of hydrogen-bond donors (Lipinski definition) is 1. The quantitative estimate of drug-likeness (QED) is 0.521. The Morgan fingerprint density at radius 3 is 2.57 bits per heavy atom. The van der Waals surface area contributed by atoms with Gasteiger partial charge in [-0.2, -0.15) is 0 Å². The van der Waals surface area contributed by atoms with Crippen molar-refractivity contribution in [2.45, 2.75) is 25.9 Å². The predicted octanol–water partition coefficient (Wildman–Crippen LogP) is 1.68. The van der Waals surface area contributed by atoms with E-state index in [9.17, 15) is 9.90 Å². The van der Waals surface area contributed by atoms with Crippen molar-refractivity contribution in [3.05, 3.63) is 24.8 Å². The second-order valence-corrected chi connectivity index (χ2v) is 3.37. The number of carbonyl (C=O) groups excluding carboxylic acids is 1. The lowest BCUT2D eigenvalue weighted by Gasteiger charge is -2.15. The van der Waals surface area contributed by atoms with E-state index in [1.807, 2.05) is 0 Å². The molecule has 0 aromatic carbocycles. The van der Waals surface area contributed by atoms with Crippen molar-refractivity contribution in [3.8, 4) is 0 Å². The summed E-state index contributed by atoms with van der Waals surface area (Å²) >= 11 is 0. The van der Waals surface area contributed by atoms with Crippen molar-refractivity contribution >= 4 is 5.97 Å². The van der Waals surface area contributed by atoms with Crippen molar-refractivity contribution in [1.82, 2.24) is 0 Å². The number of methoxy groups -OCH3 is 1. The minimum atomic E-state index is -0.581. The van der Waals surface area contributed by atoms with Crippen LogP contribution in [0.5, 0.6) is 0 Å². The highest BCUT2D eigenvalue weighted by Crippen LogP contribution is 2.16. The van der Waals surface area contributed by atoms with Gasteiger partial charge in [0.05, 0.1) is 19.6 Å². The second-order valence-electron chi connectivity index (χ2n) is 3.37. The highest BCUT2D eigenvalue weighted by atomic mass is 16.5. The minimum absolute atomic E-state index is 0.0610. The first-order valence-electron chi connectivity index (χ1n) is 4.54. The number of hydrogen-bond acceptors (Lipinski definition) is 3. The average molecular weight is 198 g/mol. The van der Waals surface area contributed by atoms with Crippen LogP contribution in [-0.4, -0.2) is 24.3 Å². The van der Waals surface area contributed by atoms with Crippen LogP contribution in [0.15, 0.2) is 24.8 Å². The van der Waals surface area contributed by atoms with Crippen LogP contribution in [0, 0.1) is 5.92 Å². The molecule has 0 aliphatic rings. The smallest absolute Gasteiger partial charge is 0.306 e. The van der Waals surface area contributed by atoms with Gasteiger partial charge in [0.1, 0.15) is 0 Å². The van der Waals surface area contributed by atoms with Crippen LogP contribution in [0.2, 0.25) is 0 Å². The van der Waals surface area contributed by atoms with Crippen molar-refractivity contribution in [2.24, 2.45) is 5.92 Å². The molecule has 0 fully saturated rings. The van der Waals surface area contributed by atoms with Crippen molar-refractivity contribution < 1.29 is 14.6 Å². The van der Waals surface area contributed by atoms with E-state index in [1.165, 1.54) is 7.11 Å². The number of ether oxygens (including phenoxy) is 1. The van der Waals surface area contributed by atoms with Crippen LogP contribution in [0.3, 0.4) is 0 Å². The number of aliphatic hydroxyl groups is 1. The monoisotopic (exact) mass is 198 g/mol. The summed E-state index contributed by atoms with van der Waals surface area (Å²) in [6.07, 6.45) is 1.80. The maximum atomic E-state index is 11.0. The molecule has 0 saturated heterocycles.